The number of nitrogens with one attached hydrogen (secondary N) is 1. The van der Waals surface area contributed by atoms with Gasteiger partial charge in [0, 0.05) is 16.6 Å². The molecule has 0 atom stereocenters. The summed E-state index contributed by atoms with van der Waals surface area (Å²) in [5, 5.41) is 2.61. The summed E-state index contributed by atoms with van der Waals surface area (Å²) >= 11 is 3.26. The van der Waals surface area contributed by atoms with Crippen molar-refractivity contribution >= 4 is 21.8 Å². The van der Waals surface area contributed by atoms with Gasteiger partial charge in [0.1, 0.15) is 5.82 Å². The van der Waals surface area contributed by atoms with Gasteiger partial charge >= 0.3 is 0 Å². The third-order valence-electron chi connectivity index (χ3n) is 2.91. The number of ether oxygens (including phenoxy) is 2. The van der Waals surface area contributed by atoms with Gasteiger partial charge in [0.25, 0.3) is 5.91 Å². The highest BCUT2D eigenvalue weighted by Crippen LogP contribution is 2.25. The van der Waals surface area contributed by atoms with E-state index in [9.17, 15) is 9.18 Å². The third kappa shape index (κ3) is 4.46. The molecule has 6 heteroatoms. The molecule has 0 aliphatic rings. The van der Waals surface area contributed by atoms with Crippen molar-refractivity contribution in [2.24, 2.45) is 0 Å². The topological polar surface area (TPSA) is 47.6 Å². The van der Waals surface area contributed by atoms with Crippen LogP contribution in [0.15, 0.2) is 46.9 Å². The Morgan fingerprint density at radius 1 is 1.23 bits per heavy atom. The van der Waals surface area contributed by atoms with Gasteiger partial charge in [-0.15, -0.1) is 0 Å². The fraction of sp³-hybridized carbons (Fsp3) is 0.188. The van der Waals surface area contributed by atoms with Crippen molar-refractivity contribution in [2.75, 3.05) is 13.7 Å². The Balaban J connectivity index is 1.87. The molecule has 2 rings (SSSR count). The molecule has 4 nitrogen and oxygen atoms in total. The molecule has 2 aromatic rings. The van der Waals surface area contributed by atoms with Crippen molar-refractivity contribution in [3.63, 3.8) is 0 Å². The van der Waals surface area contributed by atoms with Gasteiger partial charge in [-0.3, -0.25) is 4.79 Å². The maximum absolute atomic E-state index is 13.5. The molecule has 0 aliphatic carbocycles. The predicted molar refractivity (Wildman–Crippen MR) is 84.4 cm³/mol. The predicted octanol–water partition coefficient (Wildman–Crippen LogP) is 3.29. The minimum absolute atomic E-state index is 0.0966. The van der Waals surface area contributed by atoms with Crippen LogP contribution in [0, 0.1) is 5.82 Å². The second-order valence-electron chi connectivity index (χ2n) is 4.45. The van der Waals surface area contributed by atoms with Crippen LogP contribution in [0.1, 0.15) is 5.56 Å². The van der Waals surface area contributed by atoms with Gasteiger partial charge in [-0.1, -0.05) is 28.1 Å². The smallest absolute Gasteiger partial charge is 0.258 e. The first-order chi connectivity index (χ1) is 10.6. The number of para-hydroxylation sites is 2. The molecule has 2 aromatic carbocycles. The minimum atomic E-state index is -0.367. The van der Waals surface area contributed by atoms with E-state index < -0.39 is 0 Å². The number of carbonyl (C=O) groups is 1. The molecule has 0 unspecified atom stereocenters. The monoisotopic (exact) mass is 367 g/mol. The van der Waals surface area contributed by atoms with Crippen molar-refractivity contribution in [1.29, 1.82) is 0 Å². The fourth-order valence-electron chi connectivity index (χ4n) is 1.80. The van der Waals surface area contributed by atoms with E-state index >= 15 is 0 Å². The number of methoxy groups -OCH3 is 1. The lowest BCUT2D eigenvalue weighted by molar-refractivity contribution is -0.123. The summed E-state index contributed by atoms with van der Waals surface area (Å²) in [4.78, 5) is 11.8. The highest BCUT2D eigenvalue weighted by Gasteiger charge is 2.08. The van der Waals surface area contributed by atoms with Gasteiger partial charge < -0.3 is 14.8 Å². The number of benzene rings is 2. The zero-order valence-electron chi connectivity index (χ0n) is 11.9. The summed E-state index contributed by atoms with van der Waals surface area (Å²) in [7, 11) is 1.53. The molecule has 22 heavy (non-hydrogen) atoms. The minimum Gasteiger partial charge on any atom is -0.493 e. The molecular formula is C16H15BrFNO3. The van der Waals surface area contributed by atoms with Gasteiger partial charge in [0.2, 0.25) is 0 Å². The summed E-state index contributed by atoms with van der Waals surface area (Å²) < 4.78 is 24.8. The number of hydrogen-bond acceptors (Lipinski definition) is 3. The zero-order valence-corrected chi connectivity index (χ0v) is 13.5. The van der Waals surface area contributed by atoms with Crippen LogP contribution in [0.5, 0.6) is 11.5 Å². The van der Waals surface area contributed by atoms with E-state index in [1.165, 1.54) is 13.2 Å². The largest absolute Gasteiger partial charge is 0.493 e. The first kappa shape index (κ1) is 16.3. The molecule has 0 saturated heterocycles. The Bertz CT molecular complexity index is 664. The van der Waals surface area contributed by atoms with Crippen LogP contribution >= 0.6 is 15.9 Å². The van der Waals surface area contributed by atoms with Crippen LogP contribution in [0.2, 0.25) is 0 Å². The molecule has 1 amide bonds. The molecule has 0 aliphatic heterocycles. The summed E-state index contributed by atoms with van der Waals surface area (Å²) in [6.45, 7) is -0.0740. The van der Waals surface area contributed by atoms with Crippen molar-refractivity contribution < 1.29 is 18.7 Å². The Hall–Kier alpha value is -2.08. The van der Waals surface area contributed by atoms with Crippen LogP contribution in [0.4, 0.5) is 4.39 Å². The summed E-state index contributed by atoms with van der Waals surface area (Å²) in [5.41, 5.74) is 0.403. The first-order valence-corrected chi connectivity index (χ1v) is 7.36. The van der Waals surface area contributed by atoms with Crippen molar-refractivity contribution in [1.82, 2.24) is 5.32 Å². The molecule has 0 radical (unpaired) electrons. The van der Waals surface area contributed by atoms with Crippen molar-refractivity contribution in [2.45, 2.75) is 6.54 Å². The number of rotatable bonds is 6. The summed E-state index contributed by atoms with van der Waals surface area (Å²) in [6.07, 6.45) is 0. The van der Waals surface area contributed by atoms with Gasteiger partial charge in [-0.05, 0) is 30.3 Å². The van der Waals surface area contributed by atoms with Crippen LogP contribution in [0.3, 0.4) is 0 Å². The molecule has 0 fully saturated rings. The number of amides is 1. The fourth-order valence-corrected chi connectivity index (χ4v) is 2.21. The van der Waals surface area contributed by atoms with Gasteiger partial charge in [-0.2, -0.15) is 0 Å². The summed E-state index contributed by atoms with van der Waals surface area (Å²) in [6, 6.07) is 11.6. The Morgan fingerprint density at radius 2 is 1.95 bits per heavy atom. The molecular weight excluding hydrogens is 353 g/mol. The van der Waals surface area contributed by atoms with E-state index in [1.807, 2.05) is 6.07 Å². The Morgan fingerprint density at radius 3 is 2.68 bits per heavy atom. The molecule has 0 spiro atoms. The van der Waals surface area contributed by atoms with E-state index in [-0.39, 0.29) is 24.9 Å². The molecule has 0 aromatic heterocycles. The van der Waals surface area contributed by atoms with Gasteiger partial charge in [-0.25, -0.2) is 4.39 Å². The lowest BCUT2D eigenvalue weighted by Crippen LogP contribution is -2.28. The average Bonchev–Trinajstić information content (AvgIpc) is 2.54. The second-order valence-corrected chi connectivity index (χ2v) is 5.37. The maximum atomic E-state index is 13.5. The Kier molecular flexibility index (Phi) is 5.77. The third-order valence-corrected chi connectivity index (χ3v) is 3.40. The van der Waals surface area contributed by atoms with Crippen LogP contribution in [-0.2, 0) is 11.3 Å². The first-order valence-electron chi connectivity index (χ1n) is 6.56. The quantitative estimate of drug-likeness (QED) is 0.851. The van der Waals surface area contributed by atoms with Crippen LogP contribution in [-0.4, -0.2) is 19.6 Å². The average molecular weight is 368 g/mol. The van der Waals surface area contributed by atoms with E-state index in [0.717, 1.165) is 4.47 Å². The molecule has 0 saturated carbocycles. The highest BCUT2D eigenvalue weighted by atomic mass is 79.9. The van der Waals surface area contributed by atoms with E-state index in [4.69, 9.17) is 9.47 Å². The SMILES string of the molecule is COc1ccccc1OCC(=O)NCc1cc(Br)ccc1F. The summed E-state index contributed by atoms with van der Waals surface area (Å²) in [5.74, 6) is 0.321. The van der Waals surface area contributed by atoms with E-state index in [1.54, 1.807) is 30.3 Å². The van der Waals surface area contributed by atoms with Crippen LogP contribution < -0.4 is 14.8 Å². The van der Waals surface area contributed by atoms with Crippen molar-refractivity contribution in [3.8, 4) is 11.5 Å². The second kappa shape index (κ2) is 7.79. The highest BCUT2D eigenvalue weighted by molar-refractivity contribution is 9.10. The van der Waals surface area contributed by atoms with Crippen molar-refractivity contribution in [3.05, 3.63) is 58.3 Å². The molecule has 0 bridgehead atoms. The standard InChI is InChI=1S/C16H15BrFNO3/c1-21-14-4-2-3-5-15(14)22-10-16(20)19-9-11-8-12(17)6-7-13(11)18/h2-8H,9-10H2,1H3,(H,19,20). The number of carbonyl (C=O) groups excluding carboxylic acids is 1. The molecule has 116 valence electrons. The van der Waals surface area contributed by atoms with Gasteiger partial charge in [0.15, 0.2) is 18.1 Å². The number of halogens is 2. The van der Waals surface area contributed by atoms with E-state index in [0.29, 0.717) is 17.1 Å². The lowest BCUT2D eigenvalue weighted by atomic mass is 10.2. The maximum Gasteiger partial charge on any atom is 0.258 e. The zero-order chi connectivity index (χ0) is 15.9. The lowest BCUT2D eigenvalue weighted by Gasteiger charge is -2.11. The molecule has 1 N–H and O–H groups in total. The Labute approximate surface area is 136 Å². The van der Waals surface area contributed by atoms with Gasteiger partial charge in [0.05, 0.1) is 7.11 Å². The number of hydrogen-bond donors (Lipinski definition) is 1. The molecule has 0 heterocycles. The van der Waals surface area contributed by atoms with Crippen LogP contribution in [0.25, 0.3) is 0 Å². The normalized spacial score (nSPS) is 10.1. The van der Waals surface area contributed by atoms with E-state index in [2.05, 4.69) is 21.2 Å².